The van der Waals surface area contributed by atoms with Crippen LogP contribution in [0.5, 0.6) is 0 Å². The highest BCUT2D eigenvalue weighted by Gasteiger charge is 2.20. The number of hydrogen-bond donors (Lipinski definition) is 3. The van der Waals surface area contributed by atoms with Gasteiger partial charge >= 0.3 is 0 Å². The molecule has 0 saturated heterocycles. The number of amides is 1. The largest absolute Gasteiger partial charge is 0.366 e. The number of aliphatic imine (C=N–C) groups is 1. The number of carbonyl (C=O) groups is 1. The van der Waals surface area contributed by atoms with Crippen molar-refractivity contribution in [3.05, 3.63) is 64.1 Å². The predicted molar refractivity (Wildman–Crippen MR) is 133 cm³/mol. The summed E-state index contributed by atoms with van der Waals surface area (Å²) in [5.74, 6) is 0.316. The molecule has 152 valence electrons. The van der Waals surface area contributed by atoms with E-state index in [-0.39, 0.29) is 28.7 Å². The highest BCUT2D eigenvalue weighted by molar-refractivity contribution is 14.0. The summed E-state index contributed by atoms with van der Waals surface area (Å²) in [5.41, 5.74) is 6.82. The quantitative estimate of drug-likeness (QED) is 0.197. The molecule has 0 aliphatic heterocycles. The van der Waals surface area contributed by atoms with Gasteiger partial charge in [0.1, 0.15) is 0 Å². The van der Waals surface area contributed by atoms with Crippen LogP contribution >= 0.6 is 51.7 Å². The zero-order valence-corrected chi connectivity index (χ0v) is 20.9. The van der Waals surface area contributed by atoms with Crippen LogP contribution in [0.15, 0.2) is 62.9 Å². The number of rotatable bonds is 7. The molecule has 28 heavy (non-hydrogen) atoms. The zero-order valence-electron chi connectivity index (χ0n) is 16.2. The van der Waals surface area contributed by atoms with Crippen LogP contribution in [0.1, 0.15) is 29.8 Å². The molecule has 0 atom stereocenters. The van der Waals surface area contributed by atoms with Crippen LogP contribution in [0.2, 0.25) is 0 Å². The number of carbonyl (C=O) groups excluding carboxylic acids is 1. The molecule has 0 bridgehead atoms. The van der Waals surface area contributed by atoms with E-state index < -0.39 is 5.91 Å². The molecule has 4 N–H and O–H groups in total. The minimum absolute atomic E-state index is 0. The molecule has 0 spiro atoms. The predicted octanol–water partition coefficient (Wildman–Crippen LogP) is 4.40. The number of hydrogen-bond acceptors (Lipinski definition) is 3. The summed E-state index contributed by atoms with van der Waals surface area (Å²) in [4.78, 5) is 16.6. The Labute approximate surface area is 196 Å². The van der Waals surface area contributed by atoms with Crippen molar-refractivity contribution in [2.24, 2.45) is 10.7 Å². The highest BCUT2D eigenvalue weighted by atomic mass is 127. The van der Waals surface area contributed by atoms with Crippen LogP contribution in [0.4, 0.5) is 0 Å². The van der Waals surface area contributed by atoms with E-state index in [4.69, 9.17) is 5.73 Å². The van der Waals surface area contributed by atoms with Gasteiger partial charge < -0.3 is 16.4 Å². The SMILES string of the molecule is CN=C(NCc1ccc(C(N)=O)cc1)NCC(C)(C)Sc1ccc(Br)cc1.I. The van der Waals surface area contributed by atoms with Crippen molar-refractivity contribution in [3.8, 4) is 0 Å². The lowest BCUT2D eigenvalue weighted by atomic mass is 10.1. The summed E-state index contributed by atoms with van der Waals surface area (Å²) in [7, 11) is 1.75. The van der Waals surface area contributed by atoms with Crippen molar-refractivity contribution in [2.45, 2.75) is 30.0 Å². The van der Waals surface area contributed by atoms with Crippen molar-refractivity contribution < 1.29 is 4.79 Å². The van der Waals surface area contributed by atoms with Crippen molar-refractivity contribution in [3.63, 3.8) is 0 Å². The second-order valence-electron chi connectivity index (χ2n) is 6.66. The van der Waals surface area contributed by atoms with Crippen molar-refractivity contribution in [2.75, 3.05) is 13.6 Å². The van der Waals surface area contributed by atoms with Crippen molar-refractivity contribution in [1.82, 2.24) is 10.6 Å². The topological polar surface area (TPSA) is 79.5 Å². The third-order valence-corrected chi connectivity index (χ3v) is 5.54. The maximum atomic E-state index is 11.1. The lowest BCUT2D eigenvalue weighted by molar-refractivity contribution is 0.100. The summed E-state index contributed by atoms with van der Waals surface area (Å²) >= 11 is 5.28. The first kappa shape index (κ1) is 24.8. The third-order valence-electron chi connectivity index (χ3n) is 3.81. The fraction of sp³-hybridized carbons (Fsp3) is 0.300. The molecule has 0 saturated carbocycles. The molecule has 1 amide bonds. The van der Waals surface area contributed by atoms with Gasteiger partial charge in [0.05, 0.1) is 0 Å². The zero-order chi connectivity index (χ0) is 19.9. The molecular formula is C20H26BrIN4OS. The summed E-state index contributed by atoms with van der Waals surface area (Å²) in [6.07, 6.45) is 0. The molecule has 8 heteroatoms. The molecule has 0 heterocycles. The molecule has 5 nitrogen and oxygen atoms in total. The first-order valence-electron chi connectivity index (χ1n) is 8.57. The smallest absolute Gasteiger partial charge is 0.248 e. The molecule has 0 aliphatic carbocycles. The number of nitrogens with one attached hydrogen (secondary N) is 2. The van der Waals surface area contributed by atoms with Crippen LogP contribution in [-0.4, -0.2) is 30.2 Å². The van der Waals surface area contributed by atoms with Crippen molar-refractivity contribution in [1.29, 1.82) is 0 Å². The lowest BCUT2D eigenvalue weighted by Gasteiger charge is -2.25. The number of nitrogens with zero attached hydrogens (tertiary/aromatic N) is 1. The maximum Gasteiger partial charge on any atom is 0.248 e. The monoisotopic (exact) mass is 576 g/mol. The number of halogens is 2. The third kappa shape index (κ3) is 8.40. The summed E-state index contributed by atoms with van der Waals surface area (Å²) in [6.45, 7) is 5.76. The Morgan fingerprint density at radius 3 is 2.25 bits per heavy atom. The normalized spacial score (nSPS) is 11.5. The molecule has 0 unspecified atom stereocenters. The van der Waals surface area contributed by atoms with E-state index in [9.17, 15) is 4.79 Å². The van der Waals surface area contributed by atoms with Gasteiger partial charge in [0.2, 0.25) is 5.91 Å². The fourth-order valence-corrected chi connectivity index (χ4v) is 3.67. The number of guanidine groups is 1. The minimum Gasteiger partial charge on any atom is -0.366 e. The van der Waals surface area contributed by atoms with Crippen LogP contribution in [-0.2, 0) is 6.54 Å². The van der Waals surface area contributed by atoms with Gasteiger partial charge in [-0.2, -0.15) is 0 Å². The summed E-state index contributed by atoms with van der Waals surface area (Å²) < 4.78 is 1.07. The van der Waals surface area contributed by atoms with E-state index in [1.54, 1.807) is 19.2 Å². The molecule has 0 aromatic heterocycles. The van der Waals surface area contributed by atoms with E-state index in [1.807, 2.05) is 23.9 Å². The number of benzene rings is 2. The van der Waals surface area contributed by atoms with E-state index in [1.165, 1.54) is 4.90 Å². The van der Waals surface area contributed by atoms with Crippen LogP contribution in [0.25, 0.3) is 0 Å². The van der Waals surface area contributed by atoms with E-state index >= 15 is 0 Å². The number of thioether (sulfide) groups is 1. The molecule has 0 fully saturated rings. The van der Waals surface area contributed by atoms with Gasteiger partial charge in [0.25, 0.3) is 0 Å². The molecule has 0 aliphatic rings. The summed E-state index contributed by atoms with van der Waals surface area (Å²) in [6, 6.07) is 15.5. The lowest BCUT2D eigenvalue weighted by Crippen LogP contribution is -2.43. The van der Waals surface area contributed by atoms with Gasteiger partial charge in [-0.1, -0.05) is 28.1 Å². The summed E-state index contributed by atoms with van der Waals surface area (Å²) in [5, 5.41) is 6.66. The molecule has 2 aromatic carbocycles. The van der Waals surface area contributed by atoms with Crippen LogP contribution in [0, 0.1) is 0 Å². The fourth-order valence-electron chi connectivity index (χ4n) is 2.35. The van der Waals surface area contributed by atoms with Crippen molar-refractivity contribution >= 4 is 63.5 Å². The molecule has 2 rings (SSSR count). The maximum absolute atomic E-state index is 11.1. The first-order valence-corrected chi connectivity index (χ1v) is 10.2. The van der Waals surface area contributed by atoms with Gasteiger partial charge in [-0.05, 0) is 55.8 Å². The molecule has 2 aromatic rings. The number of nitrogens with two attached hydrogens (primary N) is 1. The van der Waals surface area contributed by atoms with E-state index in [0.29, 0.717) is 12.1 Å². The second-order valence-corrected chi connectivity index (χ2v) is 9.35. The van der Waals surface area contributed by atoms with Crippen LogP contribution < -0.4 is 16.4 Å². The van der Waals surface area contributed by atoms with Crippen LogP contribution in [0.3, 0.4) is 0 Å². The molecule has 0 radical (unpaired) electrons. The Morgan fingerprint density at radius 2 is 1.71 bits per heavy atom. The first-order chi connectivity index (χ1) is 12.8. The van der Waals surface area contributed by atoms with E-state index in [0.717, 1.165) is 22.5 Å². The van der Waals surface area contributed by atoms with Gasteiger partial charge in [-0.15, -0.1) is 35.7 Å². The Hall–Kier alpha value is -1.26. The highest BCUT2D eigenvalue weighted by Crippen LogP contribution is 2.32. The second kappa shape index (κ2) is 11.7. The van der Waals surface area contributed by atoms with E-state index in [2.05, 4.69) is 69.7 Å². The molecular weight excluding hydrogens is 551 g/mol. The van der Waals surface area contributed by atoms with Gasteiger partial charge in [-0.3, -0.25) is 9.79 Å². The minimum atomic E-state index is -0.419. The standard InChI is InChI=1S/C20H25BrN4OS.HI/c1-20(2,27-17-10-8-16(21)9-11-17)13-25-19(23-3)24-12-14-4-6-15(7-5-14)18(22)26;/h4-11H,12-13H2,1-3H3,(H2,22,26)(H2,23,24,25);1H. The van der Waals surface area contributed by atoms with Gasteiger partial charge in [0, 0.05) is 39.8 Å². The average molecular weight is 577 g/mol. The van der Waals surface area contributed by atoms with Gasteiger partial charge in [0.15, 0.2) is 5.96 Å². The Bertz CT molecular complexity index is 795. The number of primary amides is 1. The Kier molecular flexibility index (Phi) is 10.3. The Morgan fingerprint density at radius 1 is 1.11 bits per heavy atom. The average Bonchev–Trinajstić information content (AvgIpc) is 2.64. The Balaban J connectivity index is 0.00000392. The van der Waals surface area contributed by atoms with Gasteiger partial charge in [-0.25, -0.2) is 0 Å².